The molecule has 2 atom stereocenters. The zero-order valence-electron chi connectivity index (χ0n) is 14.5. The molecule has 0 spiro atoms. The molecule has 0 heterocycles. The molecule has 1 fully saturated rings. The van der Waals surface area contributed by atoms with E-state index in [0.29, 0.717) is 0 Å². The van der Waals surface area contributed by atoms with Crippen molar-refractivity contribution in [2.75, 3.05) is 26.5 Å². The first-order valence-corrected chi connectivity index (χ1v) is 8.26. The van der Waals surface area contributed by atoms with E-state index in [1.54, 1.807) is 7.11 Å². The molecule has 0 saturated heterocycles. The maximum Gasteiger partial charge on any atom is 0.228 e. The number of hydrogen-bond donors (Lipinski definition) is 1. The monoisotopic (exact) mass is 324 g/mol. The van der Waals surface area contributed by atoms with Crippen LogP contribution in [0.2, 0.25) is 0 Å². The highest BCUT2D eigenvalue weighted by Crippen LogP contribution is 2.50. The Morgan fingerprint density at radius 1 is 1.21 bits per heavy atom. The fraction of sp³-hybridized carbons (Fsp3) is 0.350. The van der Waals surface area contributed by atoms with Crippen molar-refractivity contribution in [1.82, 2.24) is 4.90 Å². The molecule has 4 nitrogen and oxygen atoms in total. The van der Waals surface area contributed by atoms with Crippen molar-refractivity contribution in [2.45, 2.75) is 18.9 Å². The van der Waals surface area contributed by atoms with E-state index in [4.69, 9.17) is 4.74 Å². The van der Waals surface area contributed by atoms with E-state index < -0.39 is 0 Å². The molecule has 0 bridgehead atoms. The van der Waals surface area contributed by atoms with Crippen molar-refractivity contribution >= 4 is 11.6 Å². The third-order valence-corrected chi connectivity index (χ3v) is 4.36. The second-order valence-electron chi connectivity index (χ2n) is 6.62. The molecule has 1 N–H and O–H groups in total. The molecule has 1 saturated carbocycles. The number of amides is 1. The van der Waals surface area contributed by atoms with Crippen LogP contribution >= 0.6 is 0 Å². The molecular weight excluding hydrogens is 300 g/mol. The van der Waals surface area contributed by atoms with Crippen LogP contribution in [0, 0.1) is 5.92 Å². The minimum atomic E-state index is 0.0267. The number of ether oxygens (including phenoxy) is 1. The van der Waals surface area contributed by atoms with Crippen LogP contribution in [0.5, 0.6) is 5.75 Å². The third kappa shape index (κ3) is 3.77. The number of carbonyl (C=O) groups is 1. The van der Waals surface area contributed by atoms with Gasteiger partial charge in [-0.3, -0.25) is 4.79 Å². The van der Waals surface area contributed by atoms with Crippen LogP contribution in [-0.4, -0.2) is 32.0 Å². The first-order chi connectivity index (χ1) is 11.6. The summed E-state index contributed by atoms with van der Waals surface area (Å²) in [5, 5.41) is 3.06. The minimum Gasteiger partial charge on any atom is -0.496 e. The maximum absolute atomic E-state index is 12.5. The van der Waals surface area contributed by atoms with Gasteiger partial charge in [-0.25, -0.2) is 0 Å². The van der Waals surface area contributed by atoms with Gasteiger partial charge in [0.25, 0.3) is 0 Å². The van der Waals surface area contributed by atoms with Crippen molar-refractivity contribution in [3.8, 4) is 5.75 Å². The molecule has 126 valence electrons. The standard InChI is InChI=1S/C20H24N2O2/c1-22(2)13-14-7-6-8-15(11-14)21-20(23)18-12-17(18)16-9-4-5-10-19(16)24-3/h4-11,17-18H,12-13H2,1-3H3,(H,21,23)/t17-,18+/m1/s1. The number of para-hydroxylation sites is 1. The molecule has 1 aliphatic rings. The Morgan fingerprint density at radius 3 is 2.75 bits per heavy atom. The highest BCUT2D eigenvalue weighted by molar-refractivity contribution is 5.95. The molecule has 2 aromatic rings. The van der Waals surface area contributed by atoms with E-state index in [0.717, 1.165) is 30.0 Å². The quantitative estimate of drug-likeness (QED) is 0.884. The molecule has 24 heavy (non-hydrogen) atoms. The van der Waals surface area contributed by atoms with Gasteiger partial charge >= 0.3 is 0 Å². The minimum absolute atomic E-state index is 0.0267. The second-order valence-corrected chi connectivity index (χ2v) is 6.62. The predicted molar refractivity (Wildman–Crippen MR) is 96.3 cm³/mol. The summed E-state index contributed by atoms with van der Waals surface area (Å²) >= 11 is 0. The highest BCUT2D eigenvalue weighted by Gasteiger charge is 2.45. The van der Waals surface area contributed by atoms with Crippen LogP contribution in [-0.2, 0) is 11.3 Å². The van der Waals surface area contributed by atoms with Crippen LogP contribution in [0.15, 0.2) is 48.5 Å². The van der Waals surface area contributed by atoms with Crippen LogP contribution in [0.1, 0.15) is 23.5 Å². The lowest BCUT2D eigenvalue weighted by molar-refractivity contribution is -0.117. The van der Waals surface area contributed by atoms with E-state index in [2.05, 4.69) is 22.3 Å². The van der Waals surface area contributed by atoms with Gasteiger partial charge in [0.05, 0.1) is 7.11 Å². The lowest BCUT2D eigenvalue weighted by Gasteiger charge is -2.12. The predicted octanol–water partition coefficient (Wildman–Crippen LogP) is 3.50. The van der Waals surface area contributed by atoms with E-state index in [1.807, 2.05) is 50.5 Å². The lowest BCUT2D eigenvalue weighted by Crippen LogP contribution is -2.15. The Bertz CT molecular complexity index is 727. The van der Waals surface area contributed by atoms with Crippen molar-refractivity contribution < 1.29 is 9.53 Å². The number of nitrogens with zero attached hydrogens (tertiary/aromatic N) is 1. The molecular formula is C20H24N2O2. The Kier molecular flexibility index (Phi) is 4.86. The summed E-state index contributed by atoms with van der Waals surface area (Å²) < 4.78 is 5.41. The van der Waals surface area contributed by atoms with Crippen LogP contribution < -0.4 is 10.1 Å². The van der Waals surface area contributed by atoms with Gasteiger partial charge < -0.3 is 15.0 Å². The lowest BCUT2D eigenvalue weighted by atomic mass is 10.1. The van der Waals surface area contributed by atoms with Gasteiger partial charge in [-0.2, -0.15) is 0 Å². The van der Waals surface area contributed by atoms with Crippen molar-refractivity contribution in [3.05, 3.63) is 59.7 Å². The molecule has 3 rings (SSSR count). The first-order valence-electron chi connectivity index (χ1n) is 8.26. The first kappa shape index (κ1) is 16.5. The number of benzene rings is 2. The van der Waals surface area contributed by atoms with Gasteiger partial charge in [0.15, 0.2) is 0 Å². The zero-order valence-corrected chi connectivity index (χ0v) is 14.5. The van der Waals surface area contributed by atoms with Gasteiger partial charge in [-0.1, -0.05) is 30.3 Å². The highest BCUT2D eigenvalue weighted by atomic mass is 16.5. The van der Waals surface area contributed by atoms with Crippen LogP contribution in [0.3, 0.4) is 0 Å². The number of rotatable bonds is 6. The van der Waals surface area contributed by atoms with E-state index >= 15 is 0 Å². The number of anilines is 1. The normalized spacial score (nSPS) is 19.2. The summed E-state index contributed by atoms with van der Waals surface area (Å²) in [7, 11) is 5.74. The average molecular weight is 324 g/mol. The molecule has 0 aromatic heterocycles. The fourth-order valence-corrected chi connectivity index (χ4v) is 3.15. The average Bonchev–Trinajstić information content (AvgIpc) is 3.35. The second kappa shape index (κ2) is 7.05. The molecule has 4 heteroatoms. The van der Waals surface area contributed by atoms with Gasteiger partial charge in [0, 0.05) is 18.2 Å². The van der Waals surface area contributed by atoms with Gasteiger partial charge in [0.1, 0.15) is 5.75 Å². The SMILES string of the molecule is COc1ccccc1[C@H]1C[C@@H]1C(=O)Nc1cccc(CN(C)C)c1. The smallest absolute Gasteiger partial charge is 0.228 e. The van der Waals surface area contributed by atoms with E-state index in [9.17, 15) is 4.79 Å². The maximum atomic E-state index is 12.5. The summed E-state index contributed by atoms with van der Waals surface area (Å²) in [5.41, 5.74) is 3.18. The number of hydrogen-bond acceptors (Lipinski definition) is 3. The van der Waals surface area contributed by atoms with Gasteiger partial charge in [-0.15, -0.1) is 0 Å². The molecule has 0 unspecified atom stereocenters. The summed E-state index contributed by atoms with van der Waals surface area (Å²) in [6.45, 7) is 0.858. The van der Waals surface area contributed by atoms with Crippen molar-refractivity contribution in [2.24, 2.45) is 5.92 Å². The summed E-state index contributed by atoms with van der Waals surface area (Å²) in [4.78, 5) is 14.6. The zero-order chi connectivity index (χ0) is 17.1. The largest absolute Gasteiger partial charge is 0.496 e. The molecule has 0 aliphatic heterocycles. The molecule has 0 radical (unpaired) electrons. The van der Waals surface area contributed by atoms with E-state index in [1.165, 1.54) is 5.56 Å². The summed E-state index contributed by atoms with van der Waals surface area (Å²) in [5.74, 6) is 1.24. The fourth-order valence-electron chi connectivity index (χ4n) is 3.15. The summed E-state index contributed by atoms with van der Waals surface area (Å²) in [6, 6.07) is 16.0. The van der Waals surface area contributed by atoms with Crippen molar-refractivity contribution in [3.63, 3.8) is 0 Å². The van der Waals surface area contributed by atoms with Gasteiger partial charge in [-0.05, 0) is 55.8 Å². The Labute approximate surface area is 143 Å². The number of methoxy groups -OCH3 is 1. The van der Waals surface area contributed by atoms with Crippen LogP contribution in [0.4, 0.5) is 5.69 Å². The van der Waals surface area contributed by atoms with Gasteiger partial charge in [0.2, 0.25) is 5.91 Å². The Morgan fingerprint density at radius 2 is 2.00 bits per heavy atom. The Balaban J connectivity index is 1.65. The van der Waals surface area contributed by atoms with Crippen molar-refractivity contribution in [1.29, 1.82) is 0 Å². The Hall–Kier alpha value is -2.33. The summed E-state index contributed by atoms with van der Waals surface area (Å²) in [6.07, 6.45) is 0.879. The molecule has 1 aliphatic carbocycles. The third-order valence-electron chi connectivity index (χ3n) is 4.36. The van der Waals surface area contributed by atoms with E-state index in [-0.39, 0.29) is 17.7 Å². The van der Waals surface area contributed by atoms with Crippen LogP contribution in [0.25, 0.3) is 0 Å². The number of carbonyl (C=O) groups excluding carboxylic acids is 1. The topological polar surface area (TPSA) is 41.6 Å². The molecule has 2 aromatic carbocycles. The number of nitrogens with one attached hydrogen (secondary N) is 1. The molecule has 1 amide bonds.